The number of carboxylic acid groups (broad SMARTS) is 1. The molecule has 40 heavy (non-hydrogen) atoms. The van der Waals surface area contributed by atoms with Gasteiger partial charge in [0, 0.05) is 44.9 Å². The van der Waals surface area contributed by atoms with E-state index in [4.69, 9.17) is 9.84 Å². The number of nitrogens with zero attached hydrogens (tertiary/aromatic N) is 2. The summed E-state index contributed by atoms with van der Waals surface area (Å²) in [5.41, 5.74) is 1.02. The summed E-state index contributed by atoms with van der Waals surface area (Å²) in [6, 6.07) is 9.67. The highest BCUT2D eigenvalue weighted by molar-refractivity contribution is 5.84. The zero-order valence-electron chi connectivity index (χ0n) is 24.8. The molecule has 2 aliphatic heterocycles. The number of benzene rings is 1. The van der Waals surface area contributed by atoms with Gasteiger partial charge in [-0.2, -0.15) is 0 Å². The van der Waals surface area contributed by atoms with Crippen LogP contribution in [-0.2, 0) is 30.5 Å². The molecule has 1 aromatic carbocycles. The second-order valence-electron chi connectivity index (χ2n) is 10.00. The van der Waals surface area contributed by atoms with Crippen molar-refractivity contribution in [3.63, 3.8) is 0 Å². The van der Waals surface area contributed by atoms with Crippen LogP contribution >= 0.6 is 0 Å². The van der Waals surface area contributed by atoms with E-state index in [1.54, 1.807) is 6.92 Å². The molecule has 10 nitrogen and oxygen atoms in total. The van der Waals surface area contributed by atoms with Crippen molar-refractivity contribution in [2.24, 2.45) is 22.7 Å². The third-order valence-electron chi connectivity index (χ3n) is 6.47. The largest absolute Gasteiger partial charge is 0.481 e. The topological polar surface area (TPSA) is 137 Å². The minimum absolute atomic E-state index is 0.0521. The number of hydrogen-bond acceptors (Lipinski definition) is 7. The maximum absolute atomic E-state index is 12.2. The SMILES string of the molecule is CC.CC(C)C(=O)OCc1ccccc1.CC(CNC(=O)C1CCN(C(=O)CCCC2=NCCN2)CC1)C(=O)O. The van der Waals surface area contributed by atoms with Crippen molar-refractivity contribution in [2.45, 2.75) is 73.3 Å². The number of piperidine rings is 1. The molecular formula is C30H48N4O6. The van der Waals surface area contributed by atoms with Gasteiger partial charge in [-0.3, -0.25) is 24.2 Å². The van der Waals surface area contributed by atoms with E-state index in [0.717, 1.165) is 37.3 Å². The summed E-state index contributed by atoms with van der Waals surface area (Å²) in [7, 11) is 0. The number of rotatable bonds is 11. The van der Waals surface area contributed by atoms with Crippen molar-refractivity contribution < 1.29 is 29.0 Å². The standard InChI is InChI=1S/C17H28N4O4.C11H14O2.C2H6/c1-12(17(24)25)11-20-16(23)13-5-9-21(10-6-13)15(22)4-2-3-14-18-7-8-19-14;1-9(2)11(12)13-8-10-6-4-3-5-7-10;1-2/h12-13H,2-11H2,1H3,(H,18,19)(H,20,23)(H,24,25);3-7,9H,8H2,1-2H3;1-2H3. The number of esters is 1. The van der Waals surface area contributed by atoms with Crippen molar-refractivity contribution in [2.75, 3.05) is 32.7 Å². The number of likely N-dealkylation sites (tertiary alicyclic amines) is 1. The number of amides is 2. The summed E-state index contributed by atoms with van der Waals surface area (Å²) in [6.45, 7) is 12.6. The zero-order valence-corrected chi connectivity index (χ0v) is 24.8. The molecule has 1 atom stereocenters. The highest BCUT2D eigenvalue weighted by Gasteiger charge is 2.27. The first-order valence-electron chi connectivity index (χ1n) is 14.4. The van der Waals surface area contributed by atoms with Crippen LogP contribution in [0.3, 0.4) is 0 Å². The Hall–Kier alpha value is -3.43. The van der Waals surface area contributed by atoms with Crippen LogP contribution in [0.5, 0.6) is 0 Å². The predicted octanol–water partition coefficient (Wildman–Crippen LogP) is 3.65. The van der Waals surface area contributed by atoms with E-state index in [1.807, 2.05) is 62.9 Å². The highest BCUT2D eigenvalue weighted by Crippen LogP contribution is 2.19. The van der Waals surface area contributed by atoms with Gasteiger partial charge in [0.2, 0.25) is 11.8 Å². The minimum Gasteiger partial charge on any atom is -0.481 e. The van der Waals surface area contributed by atoms with Gasteiger partial charge in [-0.1, -0.05) is 65.0 Å². The second kappa shape index (κ2) is 19.6. The van der Waals surface area contributed by atoms with Crippen LogP contribution in [0.1, 0.15) is 72.3 Å². The Bertz CT molecular complexity index is 943. The van der Waals surface area contributed by atoms with Gasteiger partial charge in [-0.15, -0.1) is 0 Å². The van der Waals surface area contributed by atoms with Crippen LogP contribution in [0.4, 0.5) is 0 Å². The molecular weight excluding hydrogens is 512 g/mol. The maximum Gasteiger partial charge on any atom is 0.308 e. The Labute approximate surface area is 238 Å². The number of carboxylic acids is 1. The quantitative estimate of drug-likeness (QED) is 0.351. The van der Waals surface area contributed by atoms with Gasteiger partial charge in [0.25, 0.3) is 0 Å². The lowest BCUT2D eigenvalue weighted by Gasteiger charge is -2.31. The van der Waals surface area contributed by atoms with Gasteiger partial charge < -0.3 is 25.4 Å². The van der Waals surface area contributed by atoms with Crippen LogP contribution in [0.2, 0.25) is 0 Å². The van der Waals surface area contributed by atoms with Crippen molar-refractivity contribution in [3.05, 3.63) is 35.9 Å². The minimum atomic E-state index is -0.917. The third-order valence-corrected chi connectivity index (χ3v) is 6.47. The summed E-state index contributed by atoms with van der Waals surface area (Å²) in [4.78, 5) is 52.3. The molecule has 0 saturated carbocycles. The highest BCUT2D eigenvalue weighted by atomic mass is 16.5. The molecule has 3 rings (SSSR count). The summed E-state index contributed by atoms with van der Waals surface area (Å²) in [6.07, 6.45) is 3.37. The lowest BCUT2D eigenvalue weighted by Crippen LogP contribution is -2.44. The van der Waals surface area contributed by atoms with E-state index in [2.05, 4.69) is 15.6 Å². The molecule has 0 radical (unpaired) electrons. The number of ether oxygens (including phenoxy) is 1. The Morgan fingerprint density at radius 1 is 1.10 bits per heavy atom. The molecule has 1 fully saturated rings. The average Bonchev–Trinajstić information content (AvgIpc) is 3.50. The second-order valence-corrected chi connectivity index (χ2v) is 10.00. The number of aliphatic carboxylic acids is 1. The van der Waals surface area contributed by atoms with E-state index < -0.39 is 11.9 Å². The maximum atomic E-state index is 12.2. The molecule has 0 aromatic heterocycles. The van der Waals surface area contributed by atoms with Gasteiger partial charge >= 0.3 is 11.9 Å². The number of carbonyl (C=O) groups is 4. The fourth-order valence-electron chi connectivity index (χ4n) is 3.95. The molecule has 2 heterocycles. The molecule has 1 unspecified atom stereocenters. The molecule has 10 heteroatoms. The van der Waals surface area contributed by atoms with Gasteiger partial charge in [-0.05, 0) is 24.8 Å². The first kappa shape index (κ1) is 34.6. The van der Waals surface area contributed by atoms with E-state index in [0.29, 0.717) is 39.0 Å². The van der Waals surface area contributed by atoms with Crippen LogP contribution in [0.25, 0.3) is 0 Å². The van der Waals surface area contributed by atoms with Crippen LogP contribution in [0.15, 0.2) is 35.3 Å². The lowest BCUT2D eigenvalue weighted by molar-refractivity contribution is -0.148. The number of hydrogen-bond donors (Lipinski definition) is 3. The number of aliphatic imine (C=N–C) groups is 1. The van der Waals surface area contributed by atoms with E-state index in [-0.39, 0.29) is 36.2 Å². The average molecular weight is 561 g/mol. The van der Waals surface area contributed by atoms with E-state index >= 15 is 0 Å². The summed E-state index contributed by atoms with van der Waals surface area (Å²) in [5, 5.41) is 14.7. The molecule has 0 aliphatic carbocycles. The fourth-order valence-corrected chi connectivity index (χ4v) is 3.95. The van der Waals surface area contributed by atoms with E-state index in [9.17, 15) is 19.2 Å². The lowest BCUT2D eigenvalue weighted by atomic mass is 9.95. The van der Waals surface area contributed by atoms with Crippen LogP contribution in [-0.4, -0.2) is 72.3 Å². The normalized spacial score (nSPS) is 15.3. The number of amidine groups is 1. The van der Waals surface area contributed by atoms with E-state index in [1.165, 1.54) is 0 Å². The Kier molecular flexibility index (Phi) is 17.0. The summed E-state index contributed by atoms with van der Waals surface area (Å²) in [5.74, 6) is -0.819. The molecule has 224 valence electrons. The fraction of sp³-hybridized carbons (Fsp3) is 0.633. The van der Waals surface area contributed by atoms with Crippen LogP contribution < -0.4 is 10.6 Å². The number of carbonyl (C=O) groups excluding carboxylic acids is 3. The number of nitrogens with one attached hydrogen (secondary N) is 2. The zero-order chi connectivity index (χ0) is 29.9. The van der Waals surface area contributed by atoms with Gasteiger partial charge in [0.05, 0.1) is 24.2 Å². The van der Waals surface area contributed by atoms with Crippen LogP contribution in [0, 0.1) is 17.8 Å². The monoisotopic (exact) mass is 560 g/mol. The van der Waals surface area contributed by atoms with Gasteiger partial charge in [-0.25, -0.2) is 0 Å². The Morgan fingerprint density at radius 3 is 2.30 bits per heavy atom. The molecule has 1 saturated heterocycles. The van der Waals surface area contributed by atoms with Gasteiger partial charge in [0.15, 0.2) is 0 Å². The third kappa shape index (κ3) is 13.6. The van der Waals surface area contributed by atoms with Gasteiger partial charge in [0.1, 0.15) is 6.61 Å². The predicted molar refractivity (Wildman–Crippen MR) is 156 cm³/mol. The first-order valence-corrected chi connectivity index (χ1v) is 14.4. The molecule has 3 N–H and O–H groups in total. The summed E-state index contributed by atoms with van der Waals surface area (Å²) < 4.78 is 5.05. The smallest absolute Gasteiger partial charge is 0.308 e. The molecule has 0 bridgehead atoms. The molecule has 2 aliphatic rings. The molecule has 1 aromatic rings. The van der Waals surface area contributed by atoms with Crippen molar-refractivity contribution >= 4 is 29.6 Å². The van der Waals surface area contributed by atoms with Crippen molar-refractivity contribution in [1.82, 2.24) is 15.5 Å². The molecule has 2 amide bonds. The summed E-state index contributed by atoms with van der Waals surface area (Å²) >= 11 is 0. The Balaban J connectivity index is 0.000000448. The van der Waals surface area contributed by atoms with Crippen molar-refractivity contribution in [3.8, 4) is 0 Å². The molecule has 0 spiro atoms. The first-order chi connectivity index (χ1) is 19.2. The Morgan fingerprint density at radius 2 is 1.75 bits per heavy atom. The van der Waals surface area contributed by atoms with Crippen molar-refractivity contribution in [1.29, 1.82) is 0 Å².